The number of nitrogens with one attached hydrogen (secondary N) is 1. The molecule has 0 fully saturated rings. The summed E-state index contributed by atoms with van der Waals surface area (Å²) in [5, 5.41) is 25.4. The molecule has 3 aromatic carbocycles. The molecule has 1 aliphatic carbocycles. The molecule has 15 nitrogen and oxygen atoms in total. The Labute approximate surface area is 287 Å². The van der Waals surface area contributed by atoms with Gasteiger partial charge in [0.15, 0.2) is 11.2 Å². The number of fused-ring (bicyclic) bond motifs is 3. The number of carbonyl (C=O) groups excluding carboxylic acids is 1. The van der Waals surface area contributed by atoms with Gasteiger partial charge in [0.2, 0.25) is 11.8 Å². The van der Waals surface area contributed by atoms with Gasteiger partial charge in [0.05, 0.1) is 26.1 Å². The van der Waals surface area contributed by atoms with E-state index in [-0.39, 0.29) is 30.4 Å². The number of methoxy groups -OCH3 is 1. The van der Waals surface area contributed by atoms with Crippen LogP contribution in [-0.4, -0.2) is 79.9 Å². The highest BCUT2D eigenvalue weighted by Gasteiger charge is 2.37. The summed E-state index contributed by atoms with van der Waals surface area (Å²) in [6.45, 7) is 2.10. The van der Waals surface area contributed by atoms with Gasteiger partial charge in [0, 0.05) is 18.2 Å². The summed E-state index contributed by atoms with van der Waals surface area (Å²) < 4.78 is 45.0. The molecule has 0 bridgehead atoms. The Morgan fingerprint density at radius 1 is 1.04 bits per heavy atom. The van der Waals surface area contributed by atoms with Crippen molar-refractivity contribution in [1.29, 1.82) is 0 Å². The van der Waals surface area contributed by atoms with Gasteiger partial charge in [-0.15, -0.1) is 0 Å². The van der Waals surface area contributed by atoms with E-state index in [1.807, 2.05) is 48.5 Å². The Morgan fingerprint density at radius 3 is 2.46 bits per heavy atom. The van der Waals surface area contributed by atoms with E-state index in [1.54, 1.807) is 18.2 Å². The molecule has 5 atom stereocenters. The largest absolute Gasteiger partial charge is 0.479 e. The van der Waals surface area contributed by atoms with E-state index in [1.165, 1.54) is 31.9 Å². The van der Waals surface area contributed by atoms with Crippen molar-refractivity contribution in [1.82, 2.24) is 24.6 Å². The number of benzene rings is 3. The van der Waals surface area contributed by atoms with Crippen LogP contribution in [-0.2, 0) is 42.9 Å². The smallest absolute Gasteiger partial charge is 0.459 e. The zero-order valence-corrected chi connectivity index (χ0v) is 28.6. The number of hydrogen-bond acceptors (Lipinski definition) is 13. The molecule has 2 heterocycles. The van der Waals surface area contributed by atoms with Crippen LogP contribution >= 0.6 is 7.75 Å². The summed E-state index contributed by atoms with van der Waals surface area (Å²) in [7, 11) is -3.00. The highest BCUT2D eigenvalue weighted by Crippen LogP contribution is 2.47. The minimum Gasteiger partial charge on any atom is -0.479 e. The molecule has 0 amide bonds. The number of rotatable bonds is 15. The van der Waals surface area contributed by atoms with E-state index < -0.39 is 44.7 Å². The van der Waals surface area contributed by atoms with E-state index in [2.05, 4.69) is 20.0 Å². The third-order valence-corrected chi connectivity index (χ3v) is 9.95. The van der Waals surface area contributed by atoms with Crippen LogP contribution in [0.3, 0.4) is 0 Å². The molecule has 0 saturated heterocycles. The van der Waals surface area contributed by atoms with Crippen LogP contribution in [0.15, 0.2) is 73.1 Å². The Bertz CT molecular complexity index is 1990. The molecule has 264 valence electrons. The maximum Gasteiger partial charge on any atom is 0.459 e. The van der Waals surface area contributed by atoms with Crippen molar-refractivity contribution >= 4 is 41.6 Å². The fourth-order valence-corrected chi connectivity index (χ4v) is 7.25. The van der Waals surface area contributed by atoms with Gasteiger partial charge in [-0.2, -0.15) is 15.1 Å². The molecule has 6 rings (SSSR count). The molecule has 0 aliphatic heterocycles. The van der Waals surface area contributed by atoms with E-state index in [4.69, 9.17) is 29.0 Å². The number of anilines is 1. The topological polar surface area (TPSA) is 202 Å². The van der Waals surface area contributed by atoms with Crippen LogP contribution in [0.2, 0.25) is 0 Å². The minimum atomic E-state index is -4.42. The first-order chi connectivity index (χ1) is 24.0. The van der Waals surface area contributed by atoms with E-state index in [9.17, 15) is 19.6 Å². The number of hydrogen-bond donors (Lipinski definition) is 4. The molecule has 1 aliphatic rings. The first-order valence-electron chi connectivity index (χ1n) is 16.0. The number of aliphatic hydroxyl groups is 2. The SMILES string of the molecule is COc1nc(N)nc2c1ncn2CO[C@H](COP(=O)(N[C@@H](C)C(=O)OC1Cc2ccccc2C1)Oc1cccc2ccccc12)[C@@H](O)C(C)O. The second kappa shape index (κ2) is 15.1. The summed E-state index contributed by atoms with van der Waals surface area (Å²) in [6, 6.07) is 19.3. The predicted molar refractivity (Wildman–Crippen MR) is 183 cm³/mol. The van der Waals surface area contributed by atoms with Crippen molar-refractivity contribution in [3.63, 3.8) is 0 Å². The molecular weight excluding hydrogens is 667 g/mol. The summed E-state index contributed by atoms with van der Waals surface area (Å²) in [6.07, 6.45) is -1.82. The second-order valence-electron chi connectivity index (χ2n) is 12.0. The number of aromatic nitrogens is 4. The number of carbonyl (C=O) groups is 1. The fraction of sp³-hybridized carbons (Fsp3) is 0.353. The van der Waals surface area contributed by atoms with E-state index >= 15 is 0 Å². The number of nitrogen functional groups attached to an aromatic ring is 1. The third-order valence-electron chi connectivity index (χ3n) is 8.32. The zero-order valence-electron chi connectivity index (χ0n) is 27.7. The van der Waals surface area contributed by atoms with Crippen LogP contribution in [0.1, 0.15) is 25.0 Å². The number of imidazole rings is 1. The average molecular weight is 707 g/mol. The van der Waals surface area contributed by atoms with Gasteiger partial charge in [-0.05, 0) is 36.4 Å². The molecule has 2 unspecified atom stereocenters. The van der Waals surface area contributed by atoms with Crippen molar-refractivity contribution in [2.45, 2.75) is 63.9 Å². The Morgan fingerprint density at radius 2 is 1.74 bits per heavy atom. The van der Waals surface area contributed by atoms with Gasteiger partial charge in [0.1, 0.15) is 36.8 Å². The molecule has 0 radical (unpaired) electrons. The molecule has 5 N–H and O–H groups in total. The first kappa shape index (κ1) is 35.2. The lowest BCUT2D eigenvalue weighted by Crippen LogP contribution is -2.42. The highest BCUT2D eigenvalue weighted by atomic mass is 31.2. The van der Waals surface area contributed by atoms with Crippen LogP contribution in [0.4, 0.5) is 5.95 Å². The number of nitrogens with two attached hydrogens (primary N) is 1. The van der Waals surface area contributed by atoms with Crippen LogP contribution in [0, 0.1) is 0 Å². The molecule has 5 aromatic rings. The standard InChI is InChI=1S/C34H39N6O9P/c1-20(33(43)48-25-15-23-10-4-5-11-24(23)16-25)39-50(44,49-27-14-8-12-22-9-6-7-13-26(22)27)47-17-28(30(42)21(2)41)46-19-40-18-36-29-31(40)37-34(35)38-32(29)45-3/h4-14,18,20-21,25,28,30,41-42H,15-17,19H2,1-3H3,(H,39,44)(H2,35,37,38)/t20-,21?,28+,30-,50?/m0/s1. The third kappa shape index (κ3) is 7.88. The molecule has 0 spiro atoms. The average Bonchev–Trinajstić information content (AvgIpc) is 3.71. The summed E-state index contributed by atoms with van der Waals surface area (Å²) in [5.41, 5.74) is 8.68. The lowest BCUT2D eigenvalue weighted by molar-refractivity contribution is -0.150. The molecule has 16 heteroatoms. The van der Waals surface area contributed by atoms with Crippen molar-refractivity contribution in [2.24, 2.45) is 0 Å². The Hall–Kier alpha value is -4.63. The fourth-order valence-electron chi connectivity index (χ4n) is 5.73. The summed E-state index contributed by atoms with van der Waals surface area (Å²) in [5.74, 6) is -0.301. The van der Waals surface area contributed by atoms with Crippen LogP contribution in [0.5, 0.6) is 11.6 Å². The lowest BCUT2D eigenvalue weighted by Gasteiger charge is -2.28. The monoisotopic (exact) mass is 706 g/mol. The Balaban J connectivity index is 1.21. The number of esters is 1. The minimum absolute atomic E-state index is 0.0530. The van der Waals surface area contributed by atoms with E-state index in [0.717, 1.165) is 16.5 Å². The van der Waals surface area contributed by atoms with Crippen molar-refractivity contribution in [3.05, 3.63) is 84.2 Å². The van der Waals surface area contributed by atoms with Gasteiger partial charge in [-0.3, -0.25) is 13.9 Å². The van der Waals surface area contributed by atoms with Gasteiger partial charge in [-0.1, -0.05) is 60.7 Å². The highest BCUT2D eigenvalue weighted by molar-refractivity contribution is 7.52. The second-order valence-corrected chi connectivity index (χ2v) is 13.7. The maximum atomic E-state index is 14.5. The van der Waals surface area contributed by atoms with Gasteiger partial charge in [0.25, 0.3) is 0 Å². The molecular formula is C34H39N6O9P. The van der Waals surface area contributed by atoms with Crippen molar-refractivity contribution in [3.8, 4) is 11.6 Å². The molecule has 50 heavy (non-hydrogen) atoms. The Kier molecular flexibility index (Phi) is 10.6. The summed E-state index contributed by atoms with van der Waals surface area (Å²) in [4.78, 5) is 25.8. The number of aliphatic hydroxyl groups excluding tert-OH is 2. The zero-order chi connectivity index (χ0) is 35.4. The maximum absolute atomic E-state index is 14.5. The normalized spacial score (nSPS) is 16.7. The predicted octanol–water partition coefficient (Wildman–Crippen LogP) is 3.55. The summed E-state index contributed by atoms with van der Waals surface area (Å²) >= 11 is 0. The van der Waals surface area contributed by atoms with E-state index in [0.29, 0.717) is 29.4 Å². The van der Waals surface area contributed by atoms with Gasteiger partial charge in [-0.25, -0.2) is 9.55 Å². The lowest BCUT2D eigenvalue weighted by atomic mass is 10.1. The van der Waals surface area contributed by atoms with Gasteiger partial charge >= 0.3 is 13.7 Å². The van der Waals surface area contributed by atoms with Gasteiger partial charge < -0.3 is 34.7 Å². The number of nitrogens with zero attached hydrogens (tertiary/aromatic N) is 4. The van der Waals surface area contributed by atoms with Crippen LogP contribution < -0.4 is 20.1 Å². The quantitative estimate of drug-likeness (QED) is 0.0909. The van der Waals surface area contributed by atoms with Crippen molar-refractivity contribution in [2.75, 3.05) is 19.5 Å². The first-order valence-corrected chi connectivity index (χ1v) is 17.5. The number of ether oxygens (including phenoxy) is 3. The molecule has 2 aromatic heterocycles. The molecule has 0 saturated carbocycles. The van der Waals surface area contributed by atoms with Crippen molar-refractivity contribution < 1.29 is 42.8 Å². The van der Waals surface area contributed by atoms with Crippen LogP contribution in [0.25, 0.3) is 21.9 Å².